The molecule has 0 bridgehead atoms. The topological polar surface area (TPSA) is 21.7 Å². The second-order valence-corrected chi connectivity index (χ2v) is 19.0. The van der Waals surface area contributed by atoms with Gasteiger partial charge in [0.2, 0.25) is 0 Å². The summed E-state index contributed by atoms with van der Waals surface area (Å²) in [6.07, 6.45) is 0. The molecular formula is C68H43NO2. The van der Waals surface area contributed by atoms with Gasteiger partial charge in [0.1, 0.15) is 23.0 Å². The maximum Gasteiger partial charge on any atom is 0.132 e. The highest BCUT2D eigenvalue weighted by molar-refractivity contribution is 6.02. The van der Waals surface area contributed by atoms with Gasteiger partial charge in [0.05, 0.1) is 22.2 Å². The maximum atomic E-state index is 6.85. The highest BCUT2D eigenvalue weighted by Gasteiger charge is 2.55. The Kier molecular flexibility index (Phi) is 8.49. The van der Waals surface area contributed by atoms with Crippen molar-refractivity contribution in [1.82, 2.24) is 0 Å². The predicted octanol–water partition coefficient (Wildman–Crippen LogP) is 17.4. The van der Waals surface area contributed by atoms with E-state index in [2.05, 4.69) is 266 Å². The first-order valence-corrected chi connectivity index (χ1v) is 24.5. The summed E-state index contributed by atoms with van der Waals surface area (Å²) in [6, 6.07) is 95.2. The van der Waals surface area contributed by atoms with Crippen molar-refractivity contribution >= 4 is 17.1 Å². The molecular weight excluding hydrogens is 863 g/mol. The molecule has 2 aliphatic heterocycles. The molecule has 2 aliphatic carbocycles. The van der Waals surface area contributed by atoms with E-state index in [1.807, 2.05) is 0 Å². The van der Waals surface area contributed by atoms with Crippen LogP contribution in [0.1, 0.15) is 44.5 Å². The number of ether oxygens (including phenoxy) is 2. The lowest BCUT2D eigenvalue weighted by atomic mass is 9.65. The number of rotatable bonds is 5. The van der Waals surface area contributed by atoms with Crippen molar-refractivity contribution in [2.75, 3.05) is 4.90 Å². The van der Waals surface area contributed by atoms with Crippen molar-refractivity contribution < 1.29 is 9.47 Å². The van der Waals surface area contributed by atoms with Gasteiger partial charge in [-0.05, 0) is 110 Å². The number of anilines is 3. The van der Waals surface area contributed by atoms with E-state index in [0.29, 0.717) is 0 Å². The maximum absolute atomic E-state index is 6.85. The zero-order chi connectivity index (χ0) is 46.7. The third-order valence-corrected chi connectivity index (χ3v) is 15.6. The van der Waals surface area contributed by atoms with E-state index in [4.69, 9.17) is 9.47 Å². The van der Waals surface area contributed by atoms with E-state index >= 15 is 0 Å². The third kappa shape index (κ3) is 5.43. The van der Waals surface area contributed by atoms with Crippen LogP contribution in [0.4, 0.5) is 17.1 Å². The van der Waals surface area contributed by atoms with Gasteiger partial charge in [-0.3, -0.25) is 0 Å². The normalized spacial score (nSPS) is 14.1. The minimum Gasteiger partial charge on any atom is -0.457 e. The van der Waals surface area contributed by atoms with Crippen molar-refractivity contribution in [3.8, 4) is 67.5 Å². The van der Waals surface area contributed by atoms with Crippen LogP contribution >= 0.6 is 0 Å². The van der Waals surface area contributed by atoms with E-state index in [0.717, 1.165) is 67.9 Å². The average molecular weight is 906 g/mol. The lowest BCUT2D eigenvalue weighted by molar-refractivity contribution is 0.436. The minimum absolute atomic E-state index is 0.638. The van der Waals surface area contributed by atoms with E-state index in [1.165, 1.54) is 61.2 Å². The lowest BCUT2D eigenvalue weighted by Crippen LogP contribution is -2.33. The highest BCUT2D eigenvalue weighted by Crippen LogP contribution is 2.67. The standard InChI is InChI=1S/C68H43NO2/c1-2-19-44(20-3-1)46-21-16-22-47(43-46)45-39-41-48(42-40-45)69(59-33-18-32-58-65(59)51-24-5-7-27-53(51)67(58)54-28-8-12-35-61(54)70-62-36-13-9-29-55(62)67)60-34-17-25-50-49-23-4-6-26-52(49)68(66(50)60)56-30-10-14-37-63(56)71-64-38-15-11-31-57(64)68/h1-43H. The molecule has 15 rings (SSSR count). The molecule has 0 fully saturated rings. The first-order valence-electron chi connectivity index (χ1n) is 24.5. The van der Waals surface area contributed by atoms with Gasteiger partial charge in [-0.25, -0.2) is 0 Å². The van der Waals surface area contributed by atoms with Crippen molar-refractivity contribution in [3.63, 3.8) is 0 Å². The Morgan fingerprint density at radius 2 is 0.676 bits per heavy atom. The van der Waals surface area contributed by atoms with Crippen LogP contribution in [0.5, 0.6) is 23.0 Å². The molecule has 0 radical (unpaired) electrons. The molecule has 0 unspecified atom stereocenters. The van der Waals surface area contributed by atoms with Crippen LogP contribution in [0.2, 0.25) is 0 Å². The molecule has 0 aromatic heterocycles. The molecule has 71 heavy (non-hydrogen) atoms. The fourth-order valence-electron chi connectivity index (χ4n) is 12.9. The second-order valence-electron chi connectivity index (χ2n) is 19.0. The lowest BCUT2D eigenvalue weighted by Gasteiger charge is -2.42. The van der Waals surface area contributed by atoms with Crippen LogP contribution in [-0.4, -0.2) is 0 Å². The molecule has 0 N–H and O–H groups in total. The summed E-state index contributed by atoms with van der Waals surface area (Å²) < 4.78 is 13.6. The highest BCUT2D eigenvalue weighted by atomic mass is 16.5. The van der Waals surface area contributed by atoms with E-state index in [9.17, 15) is 0 Å². The molecule has 0 saturated carbocycles. The zero-order valence-corrected chi connectivity index (χ0v) is 38.6. The Morgan fingerprint density at radius 1 is 0.268 bits per heavy atom. The summed E-state index contributed by atoms with van der Waals surface area (Å²) in [5.41, 5.74) is 20.9. The Labute approximate surface area is 413 Å². The Bertz CT molecular complexity index is 3870. The van der Waals surface area contributed by atoms with Crippen molar-refractivity contribution in [1.29, 1.82) is 0 Å². The fourth-order valence-corrected chi connectivity index (χ4v) is 12.9. The van der Waals surface area contributed by atoms with Gasteiger partial charge >= 0.3 is 0 Å². The number of fused-ring (bicyclic) bond motifs is 18. The summed E-state index contributed by atoms with van der Waals surface area (Å²) in [4.78, 5) is 2.56. The number of benzene rings is 11. The molecule has 4 aliphatic rings. The van der Waals surface area contributed by atoms with Crippen LogP contribution in [0, 0.1) is 0 Å². The number of para-hydroxylation sites is 4. The molecule has 0 saturated heterocycles. The first-order chi connectivity index (χ1) is 35.2. The molecule has 2 heterocycles. The Hall–Kier alpha value is -9.18. The zero-order valence-electron chi connectivity index (χ0n) is 38.6. The Morgan fingerprint density at radius 3 is 1.28 bits per heavy atom. The van der Waals surface area contributed by atoms with Gasteiger partial charge < -0.3 is 14.4 Å². The summed E-state index contributed by atoms with van der Waals surface area (Å²) in [6.45, 7) is 0. The molecule has 0 amide bonds. The summed E-state index contributed by atoms with van der Waals surface area (Å²) in [7, 11) is 0. The molecule has 3 heteroatoms. The molecule has 0 atom stereocenters. The quantitative estimate of drug-likeness (QED) is 0.172. The second kappa shape index (κ2) is 15.2. The molecule has 2 spiro atoms. The van der Waals surface area contributed by atoms with Crippen LogP contribution in [0.15, 0.2) is 261 Å². The molecule has 11 aromatic rings. The predicted molar refractivity (Wildman–Crippen MR) is 287 cm³/mol. The monoisotopic (exact) mass is 905 g/mol. The first kappa shape index (κ1) is 39.8. The number of hydrogen-bond donors (Lipinski definition) is 0. The van der Waals surface area contributed by atoms with Gasteiger partial charge in [-0.15, -0.1) is 0 Å². The van der Waals surface area contributed by atoms with Crippen LogP contribution in [0.3, 0.4) is 0 Å². The summed E-state index contributed by atoms with van der Waals surface area (Å²) in [5.74, 6) is 3.48. The minimum atomic E-state index is -0.709. The van der Waals surface area contributed by atoms with Gasteiger partial charge in [-0.1, -0.05) is 206 Å². The van der Waals surface area contributed by atoms with E-state index < -0.39 is 10.8 Å². The van der Waals surface area contributed by atoms with Crippen LogP contribution in [-0.2, 0) is 10.8 Å². The summed E-state index contributed by atoms with van der Waals surface area (Å²) >= 11 is 0. The smallest absolute Gasteiger partial charge is 0.132 e. The van der Waals surface area contributed by atoms with Gasteiger partial charge in [0.15, 0.2) is 0 Å². The SMILES string of the molecule is c1ccc(-c2cccc(-c3ccc(N(c4cccc5c4-c4ccccc4C54c5ccccc5Oc5ccccc54)c4cccc5c4C4(c6ccccc6Oc6ccccc64)c4ccccc4-5)cc3)c2)cc1. The average Bonchev–Trinajstić information content (AvgIpc) is 3.91. The van der Waals surface area contributed by atoms with Crippen molar-refractivity contribution in [2.24, 2.45) is 0 Å². The summed E-state index contributed by atoms with van der Waals surface area (Å²) in [5, 5.41) is 0. The molecule has 332 valence electrons. The Balaban J connectivity index is 1.03. The van der Waals surface area contributed by atoms with Crippen molar-refractivity contribution in [2.45, 2.75) is 10.8 Å². The van der Waals surface area contributed by atoms with Gasteiger partial charge in [-0.2, -0.15) is 0 Å². The van der Waals surface area contributed by atoms with Crippen molar-refractivity contribution in [3.05, 3.63) is 305 Å². The van der Waals surface area contributed by atoms with Crippen LogP contribution in [0.25, 0.3) is 44.5 Å². The van der Waals surface area contributed by atoms with Gasteiger partial charge in [0.25, 0.3) is 0 Å². The molecule has 11 aromatic carbocycles. The number of hydrogen-bond acceptors (Lipinski definition) is 3. The van der Waals surface area contributed by atoms with Gasteiger partial charge in [0, 0.05) is 39.1 Å². The fraction of sp³-hybridized carbons (Fsp3) is 0.0294. The van der Waals surface area contributed by atoms with E-state index in [1.54, 1.807) is 0 Å². The number of nitrogens with zero attached hydrogens (tertiary/aromatic N) is 1. The molecule has 3 nitrogen and oxygen atoms in total. The largest absolute Gasteiger partial charge is 0.457 e. The third-order valence-electron chi connectivity index (χ3n) is 15.6. The van der Waals surface area contributed by atoms with Crippen LogP contribution < -0.4 is 14.4 Å². The van der Waals surface area contributed by atoms with E-state index in [-0.39, 0.29) is 0 Å².